The Labute approximate surface area is 119 Å². The first-order valence-electron chi connectivity index (χ1n) is 7.14. The molecule has 1 atom stereocenters. The fraction of sp³-hybridized carbons (Fsp3) is 0.643. The van der Waals surface area contributed by atoms with Gasteiger partial charge in [-0.3, -0.25) is 0 Å². The van der Waals surface area contributed by atoms with Gasteiger partial charge in [0, 0.05) is 12.6 Å². The van der Waals surface area contributed by atoms with Crippen molar-refractivity contribution in [1.29, 1.82) is 0 Å². The van der Waals surface area contributed by atoms with E-state index in [0.717, 1.165) is 18.3 Å². The number of aromatic nitrogens is 2. The lowest BCUT2D eigenvalue weighted by Gasteiger charge is -2.30. The molecule has 1 unspecified atom stereocenters. The number of anilines is 1. The molecule has 2 fully saturated rings. The fourth-order valence-corrected chi connectivity index (χ4v) is 3.61. The monoisotopic (exact) mass is 276 g/mol. The number of hydrogen-bond acceptors (Lipinski definition) is 4. The molecule has 5 heteroatoms. The molecule has 0 spiro atoms. The van der Waals surface area contributed by atoms with Gasteiger partial charge in [0.05, 0.1) is 12.4 Å². The van der Waals surface area contributed by atoms with Crippen molar-refractivity contribution in [1.82, 2.24) is 9.97 Å². The second-order valence-corrected chi connectivity index (χ2v) is 6.01. The van der Waals surface area contributed by atoms with Crippen molar-refractivity contribution >= 4 is 23.0 Å². The van der Waals surface area contributed by atoms with E-state index >= 15 is 0 Å². The summed E-state index contributed by atoms with van der Waals surface area (Å²) in [6.45, 7) is 1.10. The van der Waals surface area contributed by atoms with Gasteiger partial charge in [0.25, 0.3) is 0 Å². The molecule has 2 heterocycles. The highest BCUT2D eigenvalue weighted by Gasteiger charge is 2.34. The molecule has 0 radical (unpaired) electrons. The molecule has 1 aliphatic heterocycles. The average molecular weight is 276 g/mol. The minimum Gasteiger partial charge on any atom is -0.388 e. The number of nitrogens with zero attached hydrogens (tertiary/aromatic N) is 3. The van der Waals surface area contributed by atoms with Gasteiger partial charge in [-0.05, 0) is 31.6 Å². The zero-order valence-electron chi connectivity index (χ0n) is 11.1. The third kappa shape index (κ3) is 2.56. The third-order valence-electron chi connectivity index (χ3n) is 4.43. The van der Waals surface area contributed by atoms with E-state index in [1.165, 1.54) is 38.5 Å². The highest BCUT2D eigenvalue weighted by molar-refractivity contribution is 7.80. The van der Waals surface area contributed by atoms with Gasteiger partial charge >= 0.3 is 0 Å². The number of nitrogens with two attached hydrogens (primary N) is 1. The predicted octanol–water partition coefficient (Wildman–Crippen LogP) is 2.27. The lowest BCUT2D eigenvalue weighted by atomic mass is 9.96. The van der Waals surface area contributed by atoms with Crippen molar-refractivity contribution < 1.29 is 0 Å². The first-order chi connectivity index (χ1) is 9.25. The summed E-state index contributed by atoms with van der Waals surface area (Å²) in [7, 11) is 0. The average Bonchev–Trinajstić information content (AvgIpc) is 3.09. The second kappa shape index (κ2) is 5.41. The Morgan fingerprint density at radius 2 is 1.95 bits per heavy atom. The van der Waals surface area contributed by atoms with Crippen LogP contribution in [-0.2, 0) is 0 Å². The molecule has 0 amide bonds. The molecule has 1 saturated heterocycles. The number of rotatable bonds is 3. The normalized spacial score (nSPS) is 24.0. The molecule has 1 aromatic rings. The quantitative estimate of drug-likeness (QED) is 0.858. The van der Waals surface area contributed by atoms with E-state index in [-0.39, 0.29) is 0 Å². The summed E-state index contributed by atoms with van der Waals surface area (Å²) in [4.78, 5) is 11.6. The molecular formula is C14H20N4S. The van der Waals surface area contributed by atoms with Gasteiger partial charge in [-0.1, -0.05) is 25.1 Å². The molecule has 1 aliphatic carbocycles. The van der Waals surface area contributed by atoms with Gasteiger partial charge < -0.3 is 10.6 Å². The van der Waals surface area contributed by atoms with Crippen molar-refractivity contribution in [2.45, 2.75) is 44.6 Å². The Kier molecular flexibility index (Phi) is 3.64. The summed E-state index contributed by atoms with van der Waals surface area (Å²) in [5.41, 5.74) is 6.17. The first-order valence-corrected chi connectivity index (χ1v) is 7.55. The lowest BCUT2D eigenvalue weighted by Crippen LogP contribution is -2.35. The maximum atomic E-state index is 5.56. The summed E-state index contributed by atoms with van der Waals surface area (Å²) in [6.07, 6.45) is 11.6. The molecular weight excluding hydrogens is 256 g/mol. The van der Waals surface area contributed by atoms with Crippen LogP contribution in [0.4, 0.5) is 5.82 Å². The summed E-state index contributed by atoms with van der Waals surface area (Å²) in [5.74, 6) is 1.83. The summed E-state index contributed by atoms with van der Waals surface area (Å²) < 4.78 is 0. The van der Waals surface area contributed by atoms with Crippen LogP contribution in [0.3, 0.4) is 0 Å². The molecule has 2 N–H and O–H groups in total. The second-order valence-electron chi connectivity index (χ2n) is 5.57. The summed E-state index contributed by atoms with van der Waals surface area (Å²) in [5, 5.41) is 0. The zero-order valence-corrected chi connectivity index (χ0v) is 11.9. The van der Waals surface area contributed by atoms with E-state index in [4.69, 9.17) is 18.0 Å². The van der Waals surface area contributed by atoms with Crippen molar-refractivity contribution in [3.05, 3.63) is 18.1 Å². The maximum Gasteiger partial charge on any atom is 0.147 e. The van der Waals surface area contributed by atoms with Gasteiger partial charge in [0.2, 0.25) is 0 Å². The van der Waals surface area contributed by atoms with E-state index < -0.39 is 0 Å². The van der Waals surface area contributed by atoms with Gasteiger partial charge in [0.1, 0.15) is 16.5 Å². The highest BCUT2D eigenvalue weighted by Crippen LogP contribution is 2.36. The van der Waals surface area contributed by atoms with Crippen LogP contribution in [0.15, 0.2) is 12.4 Å². The van der Waals surface area contributed by atoms with Crippen LogP contribution in [0.1, 0.15) is 44.2 Å². The third-order valence-corrected chi connectivity index (χ3v) is 4.64. The molecule has 1 aromatic heterocycles. The van der Waals surface area contributed by atoms with Crippen LogP contribution in [-0.4, -0.2) is 27.5 Å². The van der Waals surface area contributed by atoms with E-state index in [9.17, 15) is 0 Å². The summed E-state index contributed by atoms with van der Waals surface area (Å²) in [6, 6.07) is 0.660. The predicted molar refractivity (Wildman–Crippen MR) is 80.2 cm³/mol. The maximum absolute atomic E-state index is 5.56. The molecule has 0 aromatic carbocycles. The van der Waals surface area contributed by atoms with E-state index in [0.29, 0.717) is 16.7 Å². The van der Waals surface area contributed by atoms with Crippen LogP contribution >= 0.6 is 12.2 Å². The van der Waals surface area contributed by atoms with E-state index in [2.05, 4.69) is 14.9 Å². The van der Waals surface area contributed by atoms with Gasteiger partial charge in [-0.2, -0.15) is 0 Å². The van der Waals surface area contributed by atoms with Crippen molar-refractivity contribution in [3.63, 3.8) is 0 Å². The van der Waals surface area contributed by atoms with Gasteiger partial charge in [-0.15, -0.1) is 0 Å². The Morgan fingerprint density at radius 3 is 2.58 bits per heavy atom. The SMILES string of the molecule is NC(=S)c1cnc(N2CCCC2C2CCCC2)cn1. The Hall–Kier alpha value is -1.23. The fourth-order valence-electron chi connectivity index (χ4n) is 3.51. The van der Waals surface area contributed by atoms with E-state index in [1.54, 1.807) is 6.20 Å². The topological polar surface area (TPSA) is 55.0 Å². The van der Waals surface area contributed by atoms with Crippen molar-refractivity contribution in [3.8, 4) is 0 Å². The van der Waals surface area contributed by atoms with Crippen molar-refractivity contribution in [2.75, 3.05) is 11.4 Å². The lowest BCUT2D eigenvalue weighted by molar-refractivity contribution is 0.429. The smallest absolute Gasteiger partial charge is 0.147 e. The molecule has 3 rings (SSSR count). The van der Waals surface area contributed by atoms with Crippen LogP contribution in [0.25, 0.3) is 0 Å². The molecule has 1 saturated carbocycles. The van der Waals surface area contributed by atoms with Crippen LogP contribution in [0.2, 0.25) is 0 Å². The van der Waals surface area contributed by atoms with Crippen LogP contribution in [0.5, 0.6) is 0 Å². The van der Waals surface area contributed by atoms with Crippen LogP contribution < -0.4 is 10.6 Å². The van der Waals surface area contributed by atoms with Crippen LogP contribution in [0, 0.1) is 5.92 Å². The molecule has 0 bridgehead atoms. The number of thiocarbonyl (C=S) groups is 1. The summed E-state index contributed by atoms with van der Waals surface area (Å²) >= 11 is 4.91. The largest absolute Gasteiger partial charge is 0.388 e. The Balaban J connectivity index is 1.78. The van der Waals surface area contributed by atoms with Gasteiger partial charge in [-0.25, -0.2) is 9.97 Å². The van der Waals surface area contributed by atoms with E-state index in [1.807, 2.05) is 6.20 Å². The Bertz CT molecular complexity index is 453. The standard InChI is InChI=1S/C14H20N4S/c15-14(19)11-8-17-13(9-16-11)18-7-3-6-12(18)10-4-1-2-5-10/h8-10,12H,1-7H2,(H2,15,19). The minimum atomic E-state index is 0.313. The molecule has 4 nitrogen and oxygen atoms in total. The zero-order chi connectivity index (χ0) is 13.2. The van der Waals surface area contributed by atoms with Crippen molar-refractivity contribution in [2.24, 2.45) is 11.7 Å². The minimum absolute atomic E-state index is 0.313. The number of hydrogen-bond donors (Lipinski definition) is 1. The molecule has 19 heavy (non-hydrogen) atoms. The molecule has 102 valence electrons. The first kappa shape index (κ1) is 12.8. The highest BCUT2D eigenvalue weighted by atomic mass is 32.1. The van der Waals surface area contributed by atoms with Gasteiger partial charge in [0.15, 0.2) is 0 Å². The molecule has 2 aliphatic rings. The Morgan fingerprint density at radius 1 is 1.16 bits per heavy atom.